The Labute approximate surface area is 168 Å². The zero-order valence-electron chi connectivity index (χ0n) is 16.3. The van der Waals surface area contributed by atoms with E-state index in [1.807, 2.05) is 11.3 Å². The Hall–Kier alpha value is -1.40. The summed E-state index contributed by atoms with van der Waals surface area (Å²) in [7, 11) is 0. The highest BCUT2D eigenvalue weighted by Crippen LogP contribution is 2.43. The molecule has 5 rings (SSSR count). The minimum absolute atomic E-state index is 0.636. The maximum atomic E-state index is 5.17. The van der Waals surface area contributed by atoms with Crippen molar-refractivity contribution >= 4 is 49.3 Å². The third kappa shape index (κ3) is 2.92. The first-order chi connectivity index (χ1) is 13.2. The van der Waals surface area contributed by atoms with Crippen LogP contribution in [0.15, 0.2) is 5.16 Å². The second-order valence-corrected chi connectivity index (χ2v) is 9.93. The topological polar surface area (TPSA) is 41.9 Å². The molecule has 142 valence electrons. The smallest absolute Gasteiger partial charge is 0.189 e. The van der Waals surface area contributed by atoms with Crippen LogP contribution in [0.1, 0.15) is 49.9 Å². The maximum absolute atomic E-state index is 5.17. The Morgan fingerprint density at radius 1 is 1.04 bits per heavy atom. The van der Waals surface area contributed by atoms with Crippen molar-refractivity contribution in [3.63, 3.8) is 0 Å². The average Bonchev–Trinajstić information content (AvgIpc) is 3.38. The van der Waals surface area contributed by atoms with E-state index in [9.17, 15) is 0 Å². The fourth-order valence-corrected chi connectivity index (χ4v) is 6.14. The van der Waals surface area contributed by atoms with Gasteiger partial charge in [-0.05, 0) is 61.8 Å². The van der Waals surface area contributed by atoms with E-state index in [4.69, 9.17) is 15.0 Å². The number of fused-ring (bicyclic) bond motifs is 5. The quantitative estimate of drug-likeness (QED) is 0.443. The first kappa shape index (κ1) is 17.7. The van der Waals surface area contributed by atoms with Crippen molar-refractivity contribution in [2.24, 2.45) is 5.92 Å². The first-order valence-electron chi connectivity index (χ1n) is 10.1. The fourth-order valence-electron chi connectivity index (χ4n) is 4.60. The van der Waals surface area contributed by atoms with Gasteiger partial charge in [-0.15, -0.1) is 11.3 Å². The molecule has 1 aliphatic heterocycles. The lowest BCUT2D eigenvalue weighted by atomic mass is 9.99. The molecule has 3 aromatic rings. The molecule has 3 aromatic heterocycles. The zero-order valence-corrected chi connectivity index (χ0v) is 18.0. The van der Waals surface area contributed by atoms with E-state index < -0.39 is 0 Å². The summed E-state index contributed by atoms with van der Waals surface area (Å²) >= 11 is 3.46. The monoisotopic (exact) mass is 398 g/mol. The molecule has 0 amide bonds. The van der Waals surface area contributed by atoms with Gasteiger partial charge in [0.25, 0.3) is 0 Å². The summed E-state index contributed by atoms with van der Waals surface area (Å²) in [5.41, 5.74) is 5.53. The number of nitrogens with zero attached hydrogens (tertiary/aromatic N) is 4. The van der Waals surface area contributed by atoms with Gasteiger partial charge < -0.3 is 4.90 Å². The van der Waals surface area contributed by atoms with Crippen molar-refractivity contribution in [2.75, 3.05) is 24.2 Å². The van der Waals surface area contributed by atoms with Crippen molar-refractivity contribution < 1.29 is 0 Å². The summed E-state index contributed by atoms with van der Waals surface area (Å²) in [4.78, 5) is 18.7. The van der Waals surface area contributed by atoms with Gasteiger partial charge in [-0.1, -0.05) is 25.6 Å². The Kier molecular flexibility index (Phi) is 4.51. The molecule has 27 heavy (non-hydrogen) atoms. The highest BCUT2D eigenvalue weighted by Gasteiger charge is 2.27. The maximum Gasteiger partial charge on any atom is 0.189 e. The molecule has 1 aliphatic carbocycles. The number of pyridine rings is 1. The van der Waals surface area contributed by atoms with Crippen LogP contribution in [0.25, 0.3) is 20.4 Å². The van der Waals surface area contributed by atoms with Gasteiger partial charge >= 0.3 is 0 Å². The first-order valence-corrected chi connectivity index (χ1v) is 12.1. The third-order valence-electron chi connectivity index (χ3n) is 5.77. The highest BCUT2D eigenvalue weighted by molar-refractivity contribution is 7.98. The van der Waals surface area contributed by atoms with E-state index in [1.54, 1.807) is 11.8 Å². The summed E-state index contributed by atoms with van der Waals surface area (Å²) in [6.45, 7) is 6.80. The predicted molar refractivity (Wildman–Crippen MR) is 117 cm³/mol. The zero-order chi connectivity index (χ0) is 18.5. The summed E-state index contributed by atoms with van der Waals surface area (Å²) in [6.07, 6.45) is 9.27. The molecular formula is C21H26N4S2. The van der Waals surface area contributed by atoms with Gasteiger partial charge in [0.15, 0.2) is 11.0 Å². The Morgan fingerprint density at radius 2 is 1.81 bits per heavy atom. The summed E-state index contributed by atoms with van der Waals surface area (Å²) in [5, 5.41) is 2.22. The van der Waals surface area contributed by atoms with Gasteiger partial charge in [0.1, 0.15) is 4.83 Å². The summed E-state index contributed by atoms with van der Waals surface area (Å²) in [5.74, 6) is 1.78. The van der Waals surface area contributed by atoms with Crippen LogP contribution < -0.4 is 4.90 Å². The molecule has 6 heteroatoms. The number of aryl methyl sites for hydroxylation is 1. The second kappa shape index (κ2) is 6.89. The van der Waals surface area contributed by atoms with E-state index in [0.717, 1.165) is 36.0 Å². The van der Waals surface area contributed by atoms with Crippen LogP contribution in [-0.4, -0.2) is 34.3 Å². The lowest BCUT2D eigenvalue weighted by Gasteiger charge is -2.17. The fraction of sp³-hybridized carbons (Fsp3) is 0.571. The Balaban J connectivity index is 1.81. The molecular weight excluding hydrogens is 372 g/mol. The van der Waals surface area contributed by atoms with Crippen LogP contribution in [0, 0.1) is 5.92 Å². The van der Waals surface area contributed by atoms with Gasteiger partial charge in [0.05, 0.1) is 10.2 Å². The molecule has 0 N–H and O–H groups in total. The van der Waals surface area contributed by atoms with E-state index >= 15 is 0 Å². The number of thiophene rings is 1. The molecule has 4 nitrogen and oxygen atoms in total. The van der Waals surface area contributed by atoms with Crippen molar-refractivity contribution in [1.82, 2.24) is 15.0 Å². The van der Waals surface area contributed by atoms with E-state index in [0.29, 0.717) is 5.92 Å². The molecule has 2 aliphatic rings. The SMILES string of the molecule is CSc1nc(N2CCCC2)c2sc3nc(CC(C)C)c4c(c3c2n1)CCC4. The van der Waals surface area contributed by atoms with Crippen LogP contribution in [0.4, 0.5) is 5.82 Å². The van der Waals surface area contributed by atoms with Gasteiger partial charge in [0.2, 0.25) is 0 Å². The summed E-state index contributed by atoms with van der Waals surface area (Å²) in [6, 6.07) is 0. The predicted octanol–water partition coefficient (Wildman–Crippen LogP) is 5.25. The van der Waals surface area contributed by atoms with Crippen LogP contribution >= 0.6 is 23.1 Å². The van der Waals surface area contributed by atoms with Crippen molar-refractivity contribution in [3.8, 4) is 0 Å². The molecule has 4 heterocycles. The van der Waals surface area contributed by atoms with E-state index in [2.05, 4.69) is 25.0 Å². The van der Waals surface area contributed by atoms with Gasteiger partial charge in [-0.3, -0.25) is 0 Å². The molecule has 1 saturated heterocycles. The summed E-state index contributed by atoms with van der Waals surface area (Å²) < 4.78 is 1.24. The second-order valence-electron chi connectivity index (χ2n) is 8.16. The molecule has 0 unspecified atom stereocenters. The minimum Gasteiger partial charge on any atom is -0.355 e. The molecule has 0 saturated carbocycles. The highest BCUT2D eigenvalue weighted by atomic mass is 32.2. The van der Waals surface area contributed by atoms with E-state index in [-0.39, 0.29) is 0 Å². The molecule has 0 bridgehead atoms. The Bertz CT molecular complexity index is 1020. The number of anilines is 1. The average molecular weight is 399 g/mol. The van der Waals surface area contributed by atoms with Crippen molar-refractivity contribution in [1.29, 1.82) is 0 Å². The molecule has 1 fully saturated rings. The third-order valence-corrected chi connectivity index (χ3v) is 7.39. The standard InChI is InChI=1S/C21H26N4S2/c1-12(2)11-15-13-7-6-8-14(13)16-17-18(27-20(16)22-15)19(24-21(23-17)26-3)25-9-4-5-10-25/h12H,4-11H2,1-3H3. The molecule has 0 aromatic carbocycles. The lowest BCUT2D eigenvalue weighted by molar-refractivity contribution is 0.632. The Morgan fingerprint density at radius 3 is 2.56 bits per heavy atom. The normalized spacial score (nSPS) is 17.0. The number of hydrogen-bond acceptors (Lipinski definition) is 6. The molecule has 0 spiro atoms. The van der Waals surface area contributed by atoms with Gasteiger partial charge in [0, 0.05) is 24.2 Å². The van der Waals surface area contributed by atoms with Crippen molar-refractivity contribution in [3.05, 3.63) is 16.8 Å². The van der Waals surface area contributed by atoms with Crippen LogP contribution in [0.5, 0.6) is 0 Å². The number of hydrogen-bond donors (Lipinski definition) is 0. The molecule has 0 radical (unpaired) electrons. The van der Waals surface area contributed by atoms with Gasteiger partial charge in [-0.2, -0.15) is 0 Å². The minimum atomic E-state index is 0.636. The number of rotatable bonds is 4. The van der Waals surface area contributed by atoms with Crippen molar-refractivity contribution in [2.45, 2.75) is 57.5 Å². The number of thioether (sulfide) groups is 1. The van der Waals surface area contributed by atoms with Crippen LogP contribution in [0.2, 0.25) is 0 Å². The van der Waals surface area contributed by atoms with E-state index in [1.165, 1.54) is 63.8 Å². The molecule has 0 atom stereocenters. The number of aromatic nitrogens is 3. The van der Waals surface area contributed by atoms with Gasteiger partial charge in [-0.25, -0.2) is 15.0 Å². The lowest BCUT2D eigenvalue weighted by Crippen LogP contribution is -2.19. The van der Waals surface area contributed by atoms with Crippen LogP contribution in [-0.2, 0) is 19.3 Å². The largest absolute Gasteiger partial charge is 0.355 e. The van der Waals surface area contributed by atoms with Crippen LogP contribution in [0.3, 0.4) is 0 Å².